The molecule has 1 aromatic heterocycles. The van der Waals surface area contributed by atoms with Gasteiger partial charge in [0.05, 0.1) is 19.4 Å². The molecule has 1 aliphatic heterocycles. The minimum absolute atomic E-state index is 0.163. The van der Waals surface area contributed by atoms with Crippen molar-refractivity contribution in [2.75, 3.05) is 39.8 Å². The maximum Gasteiger partial charge on any atom is 0.236 e. The van der Waals surface area contributed by atoms with Gasteiger partial charge in [0.2, 0.25) is 5.91 Å². The van der Waals surface area contributed by atoms with Gasteiger partial charge in [0.15, 0.2) is 0 Å². The fraction of sp³-hybridized carbons (Fsp3) is 0.688. The van der Waals surface area contributed by atoms with Gasteiger partial charge in [-0.3, -0.25) is 9.69 Å². The molecule has 0 aromatic carbocycles. The van der Waals surface area contributed by atoms with Gasteiger partial charge in [0.25, 0.3) is 0 Å². The van der Waals surface area contributed by atoms with E-state index in [4.69, 9.17) is 4.42 Å². The fourth-order valence-electron chi connectivity index (χ4n) is 2.73. The van der Waals surface area contributed by atoms with Crippen LogP contribution < -0.4 is 5.32 Å². The van der Waals surface area contributed by atoms with Crippen molar-refractivity contribution < 1.29 is 9.21 Å². The Morgan fingerprint density at radius 2 is 2.24 bits per heavy atom. The van der Waals surface area contributed by atoms with Gasteiger partial charge in [0.1, 0.15) is 5.76 Å². The minimum Gasteiger partial charge on any atom is -0.467 e. The third-order valence-electron chi connectivity index (χ3n) is 4.15. The van der Waals surface area contributed by atoms with Gasteiger partial charge in [0, 0.05) is 7.05 Å². The second-order valence-corrected chi connectivity index (χ2v) is 5.86. The van der Waals surface area contributed by atoms with E-state index in [-0.39, 0.29) is 5.91 Å². The highest BCUT2D eigenvalue weighted by atomic mass is 16.3. The highest BCUT2D eigenvalue weighted by Crippen LogP contribution is 2.16. The van der Waals surface area contributed by atoms with Crippen LogP contribution in [0.15, 0.2) is 22.8 Å². The number of hydrogen-bond acceptors (Lipinski definition) is 4. The van der Waals surface area contributed by atoms with Crippen molar-refractivity contribution in [3.63, 3.8) is 0 Å². The fourth-order valence-corrected chi connectivity index (χ4v) is 2.73. The van der Waals surface area contributed by atoms with E-state index >= 15 is 0 Å². The maximum atomic E-state index is 12.2. The summed E-state index contributed by atoms with van der Waals surface area (Å²) in [5.74, 6) is 1.75. The summed E-state index contributed by atoms with van der Waals surface area (Å²) < 4.78 is 5.28. The van der Waals surface area contributed by atoms with E-state index in [0.29, 0.717) is 13.1 Å². The standard InChI is InChI=1S/C16H27N3O2/c1-3-17-11-14-6-8-19(9-7-14)13-16(20)18(2)12-15-5-4-10-21-15/h4-5,10,14,17H,3,6-9,11-13H2,1-2H3. The molecule has 2 rings (SSSR count). The molecule has 0 unspecified atom stereocenters. The summed E-state index contributed by atoms with van der Waals surface area (Å²) in [6.07, 6.45) is 4.01. The number of likely N-dealkylation sites (tertiary alicyclic amines) is 1. The van der Waals surface area contributed by atoms with Crippen molar-refractivity contribution in [1.29, 1.82) is 0 Å². The average Bonchev–Trinajstić information content (AvgIpc) is 2.99. The molecule has 1 saturated heterocycles. The summed E-state index contributed by atoms with van der Waals surface area (Å²) in [6.45, 7) is 7.40. The monoisotopic (exact) mass is 293 g/mol. The van der Waals surface area contributed by atoms with Crippen LogP contribution in [0.5, 0.6) is 0 Å². The highest BCUT2D eigenvalue weighted by molar-refractivity contribution is 5.77. The molecule has 0 bridgehead atoms. The first-order valence-corrected chi connectivity index (χ1v) is 7.88. The Labute approximate surface area is 127 Å². The molecule has 0 atom stereocenters. The third-order valence-corrected chi connectivity index (χ3v) is 4.15. The second kappa shape index (κ2) is 8.20. The summed E-state index contributed by atoms with van der Waals surface area (Å²) in [4.78, 5) is 16.2. The van der Waals surface area contributed by atoms with E-state index in [9.17, 15) is 4.79 Å². The van der Waals surface area contributed by atoms with E-state index in [1.807, 2.05) is 19.2 Å². The molecular formula is C16H27N3O2. The molecule has 1 N–H and O–H groups in total. The van der Waals surface area contributed by atoms with Gasteiger partial charge in [-0.2, -0.15) is 0 Å². The zero-order chi connectivity index (χ0) is 15.1. The predicted octanol–water partition coefficient (Wildman–Crippen LogP) is 1.56. The van der Waals surface area contributed by atoms with Crippen LogP contribution in [0.4, 0.5) is 0 Å². The molecule has 0 spiro atoms. The summed E-state index contributed by atoms with van der Waals surface area (Å²) in [7, 11) is 1.84. The Kier molecular flexibility index (Phi) is 6.26. The highest BCUT2D eigenvalue weighted by Gasteiger charge is 2.21. The van der Waals surface area contributed by atoms with Gasteiger partial charge in [-0.05, 0) is 57.1 Å². The van der Waals surface area contributed by atoms with Crippen molar-refractivity contribution in [3.05, 3.63) is 24.2 Å². The van der Waals surface area contributed by atoms with Gasteiger partial charge < -0.3 is 14.6 Å². The molecule has 21 heavy (non-hydrogen) atoms. The molecule has 0 radical (unpaired) electrons. The number of nitrogens with one attached hydrogen (secondary N) is 1. The number of carbonyl (C=O) groups is 1. The van der Waals surface area contributed by atoms with Crippen LogP contribution in [-0.2, 0) is 11.3 Å². The third kappa shape index (κ3) is 5.17. The lowest BCUT2D eigenvalue weighted by molar-refractivity contribution is -0.132. The number of hydrogen-bond donors (Lipinski definition) is 1. The number of rotatable bonds is 7. The molecule has 2 heterocycles. The van der Waals surface area contributed by atoms with Crippen LogP contribution in [-0.4, -0.2) is 55.5 Å². The number of likely N-dealkylation sites (N-methyl/N-ethyl adjacent to an activating group) is 1. The Hall–Kier alpha value is -1.33. The van der Waals surface area contributed by atoms with Crippen molar-refractivity contribution >= 4 is 5.91 Å². The summed E-state index contributed by atoms with van der Waals surface area (Å²) >= 11 is 0. The lowest BCUT2D eigenvalue weighted by Gasteiger charge is -2.32. The first-order chi connectivity index (χ1) is 10.2. The Bertz CT molecular complexity index is 411. The smallest absolute Gasteiger partial charge is 0.236 e. The summed E-state index contributed by atoms with van der Waals surface area (Å²) in [6, 6.07) is 3.75. The van der Waals surface area contributed by atoms with Crippen molar-refractivity contribution in [2.45, 2.75) is 26.3 Å². The lowest BCUT2D eigenvalue weighted by Crippen LogP contribution is -2.43. The van der Waals surface area contributed by atoms with Gasteiger partial charge in [-0.1, -0.05) is 6.92 Å². The molecule has 1 aliphatic rings. The largest absolute Gasteiger partial charge is 0.467 e. The van der Waals surface area contributed by atoms with Crippen LogP contribution in [0.1, 0.15) is 25.5 Å². The molecule has 1 aromatic rings. The number of piperidine rings is 1. The molecule has 0 saturated carbocycles. The number of nitrogens with zero attached hydrogens (tertiary/aromatic N) is 2. The number of amides is 1. The molecule has 118 valence electrons. The molecule has 1 amide bonds. The van der Waals surface area contributed by atoms with Crippen LogP contribution in [0, 0.1) is 5.92 Å². The van der Waals surface area contributed by atoms with E-state index in [1.165, 1.54) is 12.8 Å². The Morgan fingerprint density at radius 1 is 1.48 bits per heavy atom. The van der Waals surface area contributed by atoms with Gasteiger partial charge >= 0.3 is 0 Å². The zero-order valence-corrected chi connectivity index (χ0v) is 13.2. The Balaban J connectivity index is 1.69. The Morgan fingerprint density at radius 3 is 2.86 bits per heavy atom. The van der Waals surface area contributed by atoms with E-state index in [0.717, 1.165) is 37.9 Å². The number of furan rings is 1. The van der Waals surface area contributed by atoms with E-state index in [2.05, 4.69) is 17.1 Å². The minimum atomic E-state index is 0.163. The molecule has 5 heteroatoms. The van der Waals surface area contributed by atoms with E-state index < -0.39 is 0 Å². The molecule has 0 aliphatic carbocycles. The van der Waals surface area contributed by atoms with Gasteiger partial charge in [-0.15, -0.1) is 0 Å². The second-order valence-electron chi connectivity index (χ2n) is 5.86. The predicted molar refractivity (Wildman–Crippen MR) is 82.9 cm³/mol. The van der Waals surface area contributed by atoms with Gasteiger partial charge in [-0.25, -0.2) is 0 Å². The van der Waals surface area contributed by atoms with Crippen molar-refractivity contribution in [3.8, 4) is 0 Å². The molecule has 1 fully saturated rings. The lowest BCUT2D eigenvalue weighted by atomic mass is 9.97. The maximum absolute atomic E-state index is 12.2. The normalized spacial score (nSPS) is 17.0. The number of carbonyl (C=O) groups excluding carboxylic acids is 1. The van der Waals surface area contributed by atoms with Crippen LogP contribution in [0.25, 0.3) is 0 Å². The topological polar surface area (TPSA) is 48.7 Å². The quantitative estimate of drug-likeness (QED) is 0.829. The first-order valence-electron chi connectivity index (χ1n) is 7.88. The molecular weight excluding hydrogens is 266 g/mol. The van der Waals surface area contributed by atoms with Crippen LogP contribution in [0.3, 0.4) is 0 Å². The van der Waals surface area contributed by atoms with Crippen molar-refractivity contribution in [2.24, 2.45) is 5.92 Å². The SMILES string of the molecule is CCNCC1CCN(CC(=O)N(C)Cc2ccco2)CC1. The first kappa shape index (κ1) is 16.0. The van der Waals surface area contributed by atoms with Crippen molar-refractivity contribution in [1.82, 2.24) is 15.1 Å². The van der Waals surface area contributed by atoms with E-state index in [1.54, 1.807) is 11.2 Å². The van der Waals surface area contributed by atoms with Crippen LogP contribution >= 0.6 is 0 Å². The zero-order valence-electron chi connectivity index (χ0n) is 13.2. The van der Waals surface area contributed by atoms with Crippen LogP contribution in [0.2, 0.25) is 0 Å². The average molecular weight is 293 g/mol. The summed E-state index contributed by atoms with van der Waals surface area (Å²) in [5, 5.41) is 3.41. The molecule has 5 nitrogen and oxygen atoms in total. The summed E-state index contributed by atoms with van der Waals surface area (Å²) in [5.41, 5.74) is 0.